The molecule has 24 heavy (non-hydrogen) atoms. The van der Waals surface area contributed by atoms with Crippen molar-refractivity contribution in [3.8, 4) is 5.69 Å². The molecule has 1 saturated heterocycles. The topological polar surface area (TPSA) is 50.2 Å². The van der Waals surface area contributed by atoms with Crippen molar-refractivity contribution in [2.24, 2.45) is 5.92 Å². The lowest BCUT2D eigenvalue weighted by molar-refractivity contribution is -0.131. The molecule has 0 spiro atoms. The fourth-order valence-electron chi connectivity index (χ4n) is 3.29. The Bertz CT molecular complexity index is 726. The lowest BCUT2D eigenvalue weighted by atomic mass is 9.99. The third-order valence-electron chi connectivity index (χ3n) is 4.48. The van der Waals surface area contributed by atoms with Crippen LogP contribution in [-0.2, 0) is 11.3 Å². The van der Waals surface area contributed by atoms with E-state index in [0.717, 1.165) is 23.5 Å². The summed E-state index contributed by atoms with van der Waals surface area (Å²) in [6.07, 6.45) is 0. The molecular weight excluding hydrogens is 324 g/mol. The van der Waals surface area contributed by atoms with Crippen molar-refractivity contribution in [2.75, 3.05) is 13.1 Å². The van der Waals surface area contributed by atoms with E-state index in [9.17, 15) is 4.79 Å². The fraction of sp³-hybridized carbons (Fsp3) is 0.444. The standard InChI is InChI=1S/C18H23ClN4O/c1-12(2)16-18(24)20-9-10-22(16)11-15-13(3)21-23(17(15)19)14-7-5-4-6-8-14/h4-8,12,16H,9-11H2,1-3H3,(H,20,24). The summed E-state index contributed by atoms with van der Waals surface area (Å²) in [6.45, 7) is 8.24. The average Bonchev–Trinajstić information content (AvgIpc) is 2.83. The quantitative estimate of drug-likeness (QED) is 0.926. The molecule has 1 aliphatic rings. The Morgan fingerprint density at radius 3 is 2.71 bits per heavy atom. The van der Waals surface area contributed by atoms with Gasteiger partial charge >= 0.3 is 0 Å². The molecule has 3 rings (SSSR count). The smallest absolute Gasteiger partial charge is 0.237 e. The first-order valence-corrected chi connectivity index (χ1v) is 8.68. The van der Waals surface area contributed by atoms with E-state index in [1.165, 1.54) is 0 Å². The van der Waals surface area contributed by atoms with Crippen LogP contribution in [0.15, 0.2) is 30.3 Å². The van der Waals surface area contributed by atoms with Gasteiger partial charge in [0.1, 0.15) is 5.15 Å². The van der Waals surface area contributed by atoms with Gasteiger partial charge in [0.2, 0.25) is 5.91 Å². The van der Waals surface area contributed by atoms with Crippen LogP contribution in [0.5, 0.6) is 0 Å². The zero-order valence-electron chi connectivity index (χ0n) is 14.3. The second-order valence-electron chi connectivity index (χ2n) is 6.55. The molecule has 5 nitrogen and oxygen atoms in total. The van der Waals surface area contributed by atoms with Gasteiger partial charge in [-0.3, -0.25) is 9.69 Å². The first-order chi connectivity index (χ1) is 11.5. The number of para-hydroxylation sites is 1. The molecule has 1 aromatic heterocycles. The molecule has 1 amide bonds. The monoisotopic (exact) mass is 346 g/mol. The maximum atomic E-state index is 12.2. The van der Waals surface area contributed by atoms with Crippen LogP contribution < -0.4 is 5.32 Å². The third-order valence-corrected chi connectivity index (χ3v) is 4.86. The summed E-state index contributed by atoms with van der Waals surface area (Å²) >= 11 is 6.62. The lowest BCUT2D eigenvalue weighted by Gasteiger charge is -2.37. The van der Waals surface area contributed by atoms with Gasteiger partial charge in [0.05, 0.1) is 17.4 Å². The number of hydrogen-bond acceptors (Lipinski definition) is 3. The van der Waals surface area contributed by atoms with Crippen LogP contribution in [0.1, 0.15) is 25.1 Å². The van der Waals surface area contributed by atoms with E-state index in [1.54, 1.807) is 4.68 Å². The highest BCUT2D eigenvalue weighted by molar-refractivity contribution is 6.30. The summed E-state index contributed by atoms with van der Waals surface area (Å²) in [7, 11) is 0. The highest BCUT2D eigenvalue weighted by Gasteiger charge is 2.33. The molecule has 2 aromatic rings. The molecule has 1 aliphatic heterocycles. The molecule has 1 aromatic carbocycles. The predicted octanol–water partition coefficient (Wildman–Crippen LogP) is 2.79. The van der Waals surface area contributed by atoms with Crippen molar-refractivity contribution in [3.05, 3.63) is 46.7 Å². The fourth-order valence-corrected chi connectivity index (χ4v) is 3.62. The van der Waals surface area contributed by atoms with Crippen molar-refractivity contribution in [1.29, 1.82) is 0 Å². The first kappa shape index (κ1) is 17.0. The number of halogens is 1. The SMILES string of the molecule is Cc1nn(-c2ccccc2)c(Cl)c1CN1CCNC(=O)C1C(C)C. The zero-order valence-corrected chi connectivity index (χ0v) is 15.0. The Hall–Kier alpha value is -1.85. The van der Waals surface area contributed by atoms with Crippen molar-refractivity contribution in [3.63, 3.8) is 0 Å². The minimum absolute atomic E-state index is 0.0977. The number of hydrogen-bond donors (Lipinski definition) is 1. The minimum atomic E-state index is -0.130. The Morgan fingerprint density at radius 2 is 2.04 bits per heavy atom. The van der Waals surface area contributed by atoms with Crippen molar-refractivity contribution in [1.82, 2.24) is 20.0 Å². The van der Waals surface area contributed by atoms with Gasteiger partial charge in [0, 0.05) is 25.2 Å². The van der Waals surface area contributed by atoms with Gasteiger partial charge < -0.3 is 5.32 Å². The Morgan fingerprint density at radius 1 is 1.33 bits per heavy atom. The summed E-state index contributed by atoms with van der Waals surface area (Å²) in [6, 6.07) is 9.72. The number of piperazine rings is 1. The largest absolute Gasteiger partial charge is 0.353 e. The molecule has 1 unspecified atom stereocenters. The number of carbonyl (C=O) groups is 1. The van der Waals surface area contributed by atoms with Crippen molar-refractivity contribution < 1.29 is 4.79 Å². The molecular formula is C18H23ClN4O. The van der Waals surface area contributed by atoms with Gasteiger partial charge in [-0.05, 0) is 25.0 Å². The highest BCUT2D eigenvalue weighted by Crippen LogP contribution is 2.27. The van der Waals surface area contributed by atoms with Crippen LogP contribution in [-0.4, -0.2) is 39.7 Å². The van der Waals surface area contributed by atoms with Gasteiger partial charge in [-0.1, -0.05) is 43.6 Å². The molecule has 0 bridgehead atoms. The minimum Gasteiger partial charge on any atom is -0.353 e. The summed E-state index contributed by atoms with van der Waals surface area (Å²) in [5.41, 5.74) is 2.83. The summed E-state index contributed by atoms with van der Waals surface area (Å²) in [5, 5.41) is 8.17. The van der Waals surface area contributed by atoms with E-state index in [-0.39, 0.29) is 17.9 Å². The second-order valence-corrected chi connectivity index (χ2v) is 6.91. The van der Waals surface area contributed by atoms with Gasteiger partial charge in [-0.25, -0.2) is 4.68 Å². The van der Waals surface area contributed by atoms with Crippen LogP contribution in [0.3, 0.4) is 0 Å². The maximum absolute atomic E-state index is 12.2. The molecule has 1 atom stereocenters. The Balaban J connectivity index is 1.90. The highest BCUT2D eigenvalue weighted by atomic mass is 35.5. The number of aryl methyl sites for hydroxylation is 1. The Labute approximate surface area is 147 Å². The molecule has 0 saturated carbocycles. The van der Waals surface area contributed by atoms with E-state index in [0.29, 0.717) is 18.2 Å². The number of carbonyl (C=O) groups excluding carboxylic acids is 1. The van der Waals surface area contributed by atoms with E-state index in [4.69, 9.17) is 11.6 Å². The van der Waals surface area contributed by atoms with Crippen LogP contribution in [0.2, 0.25) is 5.15 Å². The first-order valence-electron chi connectivity index (χ1n) is 8.30. The maximum Gasteiger partial charge on any atom is 0.237 e. The molecule has 1 N–H and O–H groups in total. The predicted molar refractivity (Wildman–Crippen MR) is 95.4 cm³/mol. The van der Waals surface area contributed by atoms with E-state index >= 15 is 0 Å². The summed E-state index contributed by atoms with van der Waals surface area (Å²) < 4.78 is 1.76. The van der Waals surface area contributed by atoms with E-state index in [2.05, 4.69) is 29.2 Å². The number of benzene rings is 1. The number of amides is 1. The van der Waals surface area contributed by atoms with Crippen LogP contribution >= 0.6 is 11.6 Å². The third kappa shape index (κ3) is 3.19. The second kappa shape index (κ2) is 6.95. The molecule has 0 radical (unpaired) electrons. The molecule has 128 valence electrons. The summed E-state index contributed by atoms with van der Waals surface area (Å²) in [4.78, 5) is 14.4. The number of rotatable bonds is 4. The normalized spacial score (nSPS) is 18.9. The van der Waals surface area contributed by atoms with Gasteiger partial charge in [0.15, 0.2) is 0 Å². The van der Waals surface area contributed by atoms with Gasteiger partial charge in [0.25, 0.3) is 0 Å². The molecule has 2 heterocycles. The van der Waals surface area contributed by atoms with Crippen LogP contribution in [0, 0.1) is 12.8 Å². The van der Waals surface area contributed by atoms with Crippen LogP contribution in [0.4, 0.5) is 0 Å². The van der Waals surface area contributed by atoms with Gasteiger partial charge in [-0.2, -0.15) is 5.10 Å². The lowest BCUT2D eigenvalue weighted by Crippen LogP contribution is -2.56. The van der Waals surface area contributed by atoms with Crippen LogP contribution in [0.25, 0.3) is 5.69 Å². The number of aromatic nitrogens is 2. The number of nitrogens with zero attached hydrogens (tertiary/aromatic N) is 3. The average molecular weight is 347 g/mol. The zero-order chi connectivity index (χ0) is 17.3. The molecule has 1 fully saturated rings. The molecule has 6 heteroatoms. The van der Waals surface area contributed by atoms with Crippen molar-refractivity contribution in [2.45, 2.75) is 33.4 Å². The molecule has 0 aliphatic carbocycles. The van der Waals surface area contributed by atoms with E-state index in [1.807, 2.05) is 37.3 Å². The van der Waals surface area contributed by atoms with Gasteiger partial charge in [-0.15, -0.1) is 0 Å². The van der Waals surface area contributed by atoms with E-state index < -0.39 is 0 Å². The summed E-state index contributed by atoms with van der Waals surface area (Å²) in [5.74, 6) is 0.342. The number of nitrogens with one attached hydrogen (secondary N) is 1. The Kier molecular flexibility index (Phi) is 4.92. The van der Waals surface area contributed by atoms with Crippen molar-refractivity contribution >= 4 is 17.5 Å².